The van der Waals surface area contributed by atoms with Crippen LogP contribution in [-0.2, 0) is 27.8 Å². The van der Waals surface area contributed by atoms with Gasteiger partial charge < -0.3 is 14.8 Å². The predicted molar refractivity (Wildman–Crippen MR) is 127 cm³/mol. The number of benzene rings is 3. The van der Waals surface area contributed by atoms with Crippen LogP contribution < -0.4 is 19.5 Å². The lowest BCUT2D eigenvalue weighted by atomic mass is 10.1. The number of hydrogen-bond donors (Lipinski definition) is 2. The van der Waals surface area contributed by atoms with Crippen molar-refractivity contribution in [2.24, 2.45) is 0 Å². The molecule has 1 amide bonds. The second-order valence-electron chi connectivity index (χ2n) is 7.23. The molecular weight excluding hydrogens is 464 g/mol. The van der Waals surface area contributed by atoms with Crippen LogP contribution in [-0.4, -0.2) is 34.6 Å². The Morgan fingerprint density at radius 3 is 2.24 bits per heavy atom. The Morgan fingerprint density at radius 2 is 1.64 bits per heavy atom. The number of ether oxygens (including phenoxy) is 2. The Bertz CT molecular complexity index is 1190. The molecule has 3 aromatic rings. The summed E-state index contributed by atoms with van der Waals surface area (Å²) in [5.74, 6) is 0.615. The van der Waals surface area contributed by atoms with Crippen LogP contribution in [0.2, 0.25) is 5.02 Å². The van der Waals surface area contributed by atoms with Crippen molar-refractivity contribution < 1.29 is 22.7 Å². The second-order valence-corrected chi connectivity index (χ2v) is 9.35. The molecule has 0 aromatic heterocycles. The maximum absolute atomic E-state index is 13.0. The highest BCUT2D eigenvalue weighted by Gasteiger charge is 2.26. The van der Waals surface area contributed by atoms with Crippen LogP contribution in [0.4, 0.5) is 0 Å². The molecule has 0 spiro atoms. The molecule has 0 saturated carbocycles. The Morgan fingerprint density at radius 1 is 0.939 bits per heavy atom. The average molecular weight is 489 g/mol. The Hall–Kier alpha value is -3.07. The Kier molecular flexibility index (Phi) is 8.32. The molecule has 0 bridgehead atoms. The van der Waals surface area contributed by atoms with Crippen molar-refractivity contribution in [1.82, 2.24) is 10.0 Å². The van der Waals surface area contributed by atoms with Crippen LogP contribution in [0, 0.1) is 0 Å². The van der Waals surface area contributed by atoms with Gasteiger partial charge in [-0.1, -0.05) is 54.1 Å². The van der Waals surface area contributed by atoms with Crippen LogP contribution in [0.5, 0.6) is 11.5 Å². The van der Waals surface area contributed by atoms with Gasteiger partial charge in [-0.2, -0.15) is 4.72 Å². The van der Waals surface area contributed by atoms with Crippen molar-refractivity contribution in [2.75, 3.05) is 14.2 Å². The van der Waals surface area contributed by atoms with Crippen molar-refractivity contribution in [3.05, 3.63) is 88.9 Å². The normalized spacial score (nSPS) is 12.1. The molecule has 0 saturated heterocycles. The zero-order valence-electron chi connectivity index (χ0n) is 18.2. The van der Waals surface area contributed by atoms with Crippen molar-refractivity contribution in [1.29, 1.82) is 0 Å². The summed E-state index contributed by atoms with van der Waals surface area (Å²) >= 11 is 6.10. The van der Waals surface area contributed by atoms with E-state index in [2.05, 4.69) is 10.0 Å². The highest BCUT2D eigenvalue weighted by Crippen LogP contribution is 2.27. The first-order chi connectivity index (χ1) is 15.8. The van der Waals surface area contributed by atoms with Gasteiger partial charge in [-0.25, -0.2) is 8.42 Å². The van der Waals surface area contributed by atoms with E-state index in [1.807, 2.05) is 42.5 Å². The van der Waals surface area contributed by atoms with E-state index in [1.165, 1.54) is 25.3 Å². The summed E-state index contributed by atoms with van der Waals surface area (Å²) < 4.78 is 38.8. The molecular formula is C24H25ClN2O5S. The van der Waals surface area contributed by atoms with Gasteiger partial charge >= 0.3 is 0 Å². The number of halogens is 1. The molecule has 0 aliphatic heterocycles. The summed E-state index contributed by atoms with van der Waals surface area (Å²) in [4.78, 5) is 13.0. The first kappa shape index (κ1) is 24.6. The van der Waals surface area contributed by atoms with Crippen LogP contribution in [0.25, 0.3) is 0 Å². The van der Waals surface area contributed by atoms with E-state index < -0.39 is 22.0 Å². The van der Waals surface area contributed by atoms with Crippen molar-refractivity contribution in [2.45, 2.75) is 23.9 Å². The third-order valence-electron chi connectivity index (χ3n) is 4.96. The lowest BCUT2D eigenvalue weighted by molar-refractivity contribution is -0.122. The number of carbonyl (C=O) groups is 1. The fraction of sp³-hybridized carbons (Fsp3) is 0.208. The number of carbonyl (C=O) groups excluding carboxylic acids is 1. The van der Waals surface area contributed by atoms with E-state index in [9.17, 15) is 13.2 Å². The molecule has 7 nitrogen and oxygen atoms in total. The molecule has 0 fully saturated rings. The monoisotopic (exact) mass is 488 g/mol. The largest absolute Gasteiger partial charge is 0.497 e. The number of amides is 1. The Labute approximate surface area is 198 Å². The SMILES string of the molecule is COc1ccc(CNC(=O)[C@H](Cc2ccccc2)NS(=O)(=O)c2ccc(OC)c(Cl)c2)cc1. The number of hydrogen-bond acceptors (Lipinski definition) is 5. The van der Waals surface area contributed by atoms with Gasteiger partial charge in [-0.3, -0.25) is 4.79 Å². The van der Waals surface area contributed by atoms with Crippen LogP contribution >= 0.6 is 11.6 Å². The summed E-state index contributed by atoms with van der Waals surface area (Å²) in [5.41, 5.74) is 1.67. The highest BCUT2D eigenvalue weighted by molar-refractivity contribution is 7.89. The van der Waals surface area contributed by atoms with Gasteiger partial charge in [-0.05, 0) is 47.9 Å². The minimum absolute atomic E-state index is 0.0608. The molecule has 9 heteroatoms. The minimum atomic E-state index is -4.03. The molecule has 0 aliphatic rings. The summed E-state index contributed by atoms with van der Waals surface area (Å²) in [6.45, 7) is 0.240. The van der Waals surface area contributed by atoms with Gasteiger partial charge in [0.05, 0.1) is 24.1 Å². The molecule has 0 aliphatic carbocycles. The maximum Gasteiger partial charge on any atom is 0.241 e. The molecule has 3 rings (SSSR count). The topological polar surface area (TPSA) is 93.7 Å². The summed E-state index contributed by atoms with van der Waals surface area (Å²) in [7, 11) is -1.01. The zero-order chi connectivity index (χ0) is 23.8. The predicted octanol–water partition coefficient (Wildman–Crippen LogP) is 3.56. The standard InChI is InChI=1S/C24H25ClN2O5S/c1-31-19-10-8-18(9-11-19)16-26-24(28)22(14-17-6-4-3-5-7-17)27-33(29,30)20-12-13-23(32-2)21(25)15-20/h3-13,15,22,27H,14,16H2,1-2H3,(H,26,28)/t22-/m0/s1. The first-order valence-corrected chi connectivity index (χ1v) is 12.0. The number of nitrogens with one attached hydrogen (secondary N) is 2. The average Bonchev–Trinajstić information content (AvgIpc) is 2.83. The molecule has 1 atom stereocenters. The molecule has 3 aromatic carbocycles. The fourth-order valence-corrected chi connectivity index (χ4v) is 4.71. The fourth-order valence-electron chi connectivity index (χ4n) is 3.16. The van der Waals surface area contributed by atoms with Gasteiger partial charge in [0.25, 0.3) is 0 Å². The molecule has 0 heterocycles. The molecule has 0 unspecified atom stereocenters. The lowest BCUT2D eigenvalue weighted by Gasteiger charge is -2.19. The van der Waals surface area contributed by atoms with Crippen molar-refractivity contribution in [3.63, 3.8) is 0 Å². The van der Waals surface area contributed by atoms with Gasteiger partial charge in [0.2, 0.25) is 15.9 Å². The van der Waals surface area contributed by atoms with E-state index in [0.717, 1.165) is 11.1 Å². The number of methoxy groups -OCH3 is 2. The highest BCUT2D eigenvalue weighted by atomic mass is 35.5. The maximum atomic E-state index is 13.0. The molecule has 33 heavy (non-hydrogen) atoms. The number of sulfonamides is 1. The van der Waals surface area contributed by atoms with E-state index in [-0.39, 0.29) is 22.9 Å². The van der Waals surface area contributed by atoms with E-state index in [0.29, 0.717) is 11.5 Å². The number of rotatable bonds is 10. The van der Waals surface area contributed by atoms with E-state index in [1.54, 1.807) is 19.2 Å². The van der Waals surface area contributed by atoms with Crippen molar-refractivity contribution in [3.8, 4) is 11.5 Å². The van der Waals surface area contributed by atoms with Gasteiger partial charge in [0, 0.05) is 6.54 Å². The quantitative estimate of drug-likeness (QED) is 0.455. The van der Waals surface area contributed by atoms with Gasteiger partial charge in [0.1, 0.15) is 17.5 Å². The Balaban J connectivity index is 1.79. The first-order valence-electron chi connectivity index (χ1n) is 10.1. The molecule has 0 radical (unpaired) electrons. The van der Waals surface area contributed by atoms with Crippen LogP contribution in [0.15, 0.2) is 77.7 Å². The van der Waals surface area contributed by atoms with Gasteiger partial charge in [-0.15, -0.1) is 0 Å². The minimum Gasteiger partial charge on any atom is -0.497 e. The third-order valence-corrected chi connectivity index (χ3v) is 6.72. The molecule has 174 valence electrons. The summed E-state index contributed by atoms with van der Waals surface area (Å²) in [5, 5.41) is 2.96. The molecule has 2 N–H and O–H groups in total. The van der Waals surface area contributed by atoms with E-state index >= 15 is 0 Å². The summed E-state index contributed by atoms with van der Waals surface area (Å²) in [6, 6.07) is 19.5. The smallest absolute Gasteiger partial charge is 0.241 e. The van der Waals surface area contributed by atoms with Crippen molar-refractivity contribution >= 4 is 27.5 Å². The van der Waals surface area contributed by atoms with Crippen LogP contribution in [0.1, 0.15) is 11.1 Å². The lowest BCUT2D eigenvalue weighted by Crippen LogP contribution is -2.47. The summed E-state index contributed by atoms with van der Waals surface area (Å²) in [6.07, 6.45) is 0.179. The second kappa shape index (κ2) is 11.2. The van der Waals surface area contributed by atoms with E-state index in [4.69, 9.17) is 21.1 Å². The zero-order valence-corrected chi connectivity index (χ0v) is 19.8. The third kappa shape index (κ3) is 6.71. The van der Waals surface area contributed by atoms with Gasteiger partial charge in [0.15, 0.2) is 0 Å². The van der Waals surface area contributed by atoms with Crippen LogP contribution in [0.3, 0.4) is 0 Å².